The number of carbonyl (C=O) groups is 5. The lowest BCUT2D eigenvalue weighted by Gasteiger charge is -2.21. The molecule has 36 heavy (non-hydrogen) atoms. The lowest BCUT2D eigenvalue weighted by atomic mass is 9.82. The van der Waals surface area contributed by atoms with Gasteiger partial charge in [-0.2, -0.15) is 0 Å². The molecule has 0 unspecified atom stereocenters. The molecule has 2 aliphatic rings. The Kier molecular flexibility index (Phi) is 4.56. The Balaban J connectivity index is 0.00000168. The zero-order valence-corrected chi connectivity index (χ0v) is 18.6. The molecule has 0 bridgehead atoms. The predicted octanol–water partition coefficient (Wildman–Crippen LogP) is 4.56. The van der Waals surface area contributed by atoms with Crippen molar-refractivity contribution >= 4 is 40.4 Å². The molecule has 3 N–H and O–H groups in total. The van der Waals surface area contributed by atoms with Gasteiger partial charge in [-0.25, -0.2) is 0 Å². The third-order valence-corrected chi connectivity index (χ3v) is 6.56. The van der Waals surface area contributed by atoms with Crippen molar-refractivity contribution in [2.45, 2.75) is 0 Å². The van der Waals surface area contributed by atoms with Gasteiger partial charge in [-0.15, -0.1) is 0 Å². The lowest BCUT2D eigenvalue weighted by molar-refractivity contribution is 0.0978. The van der Waals surface area contributed by atoms with Gasteiger partial charge in [0.05, 0.1) is 16.8 Å². The van der Waals surface area contributed by atoms with E-state index in [9.17, 15) is 24.0 Å². The first kappa shape index (κ1) is 21.4. The topological polar surface area (TPSA) is 123 Å². The number of nitrogens with one attached hydrogen (secondary N) is 1. The summed E-state index contributed by atoms with van der Waals surface area (Å²) in [7, 11) is 0. The summed E-state index contributed by atoms with van der Waals surface area (Å²) in [5.41, 5.74) is 8.19. The SMILES string of the molecule is Nc1c(C(=O)Nc2ccc3c(c2)C(=O)c2ccccc2C3=O)ccc2c1C(=O)c1ccccc1C2=O.[HH].[HH]. The number of carbonyl (C=O) groups excluding carboxylic acids is 5. The Morgan fingerprint density at radius 2 is 1.06 bits per heavy atom. The molecule has 0 saturated heterocycles. The number of anilines is 2. The summed E-state index contributed by atoms with van der Waals surface area (Å²) in [6.45, 7) is 0. The third kappa shape index (κ3) is 2.96. The summed E-state index contributed by atoms with van der Waals surface area (Å²) >= 11 is 0. The number of fused-ring (bicyclic) bond motifs is 4. The van der Waals surface area contributed by atoms with Gasteiger partial charge in [0.1, 0.15) is 0 Å². The standard InChI is InChI=1S/C29H16N2O5.2H2/c30-24-21(12-11-20-23(24)28(35)18-8-4-3-7-17(18)26(20)33)29(36)31-14-9-10-19-22(13-14)27(34)16-6-2-1-5-15(16)25(19)32;;/h1-13H,30H2,(H,31,36);2*1H. The van der Waals surface area contributed by atoms with Crippen LogP contribution in [0, 0.1) is 0 Å². The van der Waals surface area contributed by atoms with Crippen molar-refractivity contribution in [2.24, 2.45) is 0 Å². The van der Waals surface area contributed by atoms with Crippen LogP contribution in [0.15, 0.2) is 78.9 Å². The van der Waals surface area contributed by atoms with Crippen LogP contribution in [0.5, 0.6) is 0 Å². The number of benzene rings is 4. The number of hydrogen-bond acceptors (Lipinski definition) is 6. The second-order valence-corrected chi connectivity index (χ2v) is 8.57. The maximum atomic E-state index is 13.1. The van der Waals surface area contributed by atoms with Crippen molar-refractivity contribution in [1.29, 1.82) is 0 Å². The average Bonchev–Trinajstić information content (AvgIpc) is 2.90. The first-order valence-electron chi connectivity index (χ1n) is 11.1. The van der Waals surface area contributed by atoms with Crippen LogP contribution in [-0.2, 0) is 0 Å². The molecule has 0 spiro atoms. The highest BCUT2D eigenvalue weighted by Crippen LogP contribution is 2.33. The van der Waals surface area contributed by atoms with Crippen molar-refractivity contribution in [3.63, 3.8) is 0 Å². The van der Waals surface area contributed by atoms with Crippen molar-refractivity contribution in [3.05, 3.63) is 129 Å². The highest BCUT2D eigenvalue weighted by molar-refractivity contribution is 6.31. The zero-order chi connectivity index (χ0) is 25.1. The number of amides is 1. The van der Waals surface area contributed by atoms with Crippen LogP contribution in [0.1, 0.15) is 76.9 Å². The minimum absolute atomic E-state index is 0. The van der Waals surface area contributed by atoms with Gasteiger partial charge < -0.3 is 11.1 Å². The first-order valence-corrected chi connectivity index (χ1v) is 11.1. The third-order valence-electron chi connectivity index (χ3n) is 6.56. The molecule has 1 amide bonds. The minimum Gasteiger partial charge on any atom is -0.397 e. The highest BCUT2D eigenvalue weighted by atomic mass is 16.2. The zero-order valence-electron chi connectivity index (χ0n) is 18.6. The van der Waals surface area contributed by atoms with Crippen molar-refractivity contribution in [1.82, 2.24) is 0 Å². The molecule has 0 saturated carbocycles. The quantitative estimate of drug-likeness (QED) is 0.353. The number of ketones is 4. The van der Waals surface area contributed by atoms with Crippen molar-refractivity contribution in [2.75, 3.05) is 11.1 Å². The van der Waals surface area contributed by atoms with Crippen molar-refractivity contribution < 1.29 is 26.8 Å². The Morgan fingerprint density at radius 3 is 1.67 bits per heavy atom. The summed E-state index contributed by atoms with van der Waals surface area (Å²) in [5.74, 6) is -1.96. The van der Waals surface area contributed by atoms with E-state index in [2.05, 4.69) is 5.32 Å². The lowest BCUT2D eigenvalue weighted by Crippen LogP contribution is -2.25. The van der Waals surface area contributed by atoms with Crippen LogP contribution in [0.2, 0.25) is 0 Å². The van der Waals surface area contributed by atoms with Crippen LogP contribution in [-0.4, -0.2) is 29.0 Å². The number of rotatable bonds is 2. The summed E-state index contributed by atoms with van der Waals surface area (Å²) in [5, 5.41) is 2.68. The Morgan fingerprint density at radius 1 is 0.583 bits per heavy atom. The van der Waals surface area contributed by atoms with Gasteiger partial charge in [0.25, 0.3) is 5.91 Å². The molecule has 4 aromatic rings. The number of nitrogen functional groups attached to an aromatic ring is 1. The molecule has 0 aliphatic heterocycles. The molecule has 176 valence electrons. The Labute approximate surface area is 207 Å². The second-order valence-electron chi connectivity index (χ2n) is 8.57. The van der Waals surface area contributed by atoms with Gasteiger partial charge in [-0.3, -0.25) is 24.0 Å². The van der Waals surface area contributed by atoms with Crippen molar-refractivity contribution in [3.8, 4) is 0 Å². The number of nitrogens with two attached hydrogens (primary N) is 1. The molecular weight excluding hydrogens is 456 g/mol. The Hall–Kier alpha value is -5.17. The molecule has 7 nitrogen and oxygen atoms in total. The molecule has 2 aliphatic carbocycles. The molecule has 0 heterocycles. The molecule has 0 atom stereocenters. The van der Waals surface area contributed by atoms with E-state index in [0.717, 1.165) is 0 Å². The fourth-order valence-electron chi connectivity index (χ4n) is 4.79. The van der Waals surface area contributed by atoms with E-state index in [1.54, 1.807) is 48.5 Å². The molecule has 7 heteroatoms. The molecule has 6 rings (SSSR count). The van der Waals surface area contributed by atoms with Crippen LogP contribution in [0.4, 0.5) is 11.4 Å². The Bertz CT molecular complexity index is 1730. The minimum atomic E-state index is -0.621. The highest BCUT2D eigenvalue weighted by Gasteiger charge is 2.33. The van der Waals surface area contributed by atoms with Gasteiger partial charge >= 0.3 is 0 Å². The predicted molar refractivity (Wildman–Crippen MR) is 136 cm³/mol. The van der Waals surface area contributed by atoms with Gasteiger partial charge in [-0.05, 0) is 30.3 Å². The summed E-state index contributed by atoms with van der Waals surface area (Å²) in [4.78, 5) is 64.9. The fraction of sp³-hybridized carbons (Fsp3) is 0. The summed E-state index contributed by atoms with van der Waals surface area (Å²) in [6.07, 6.45) is 0. The van der Waals surface area contributed by atoms with E-state index in [4.69, 9.17) is 5.73 Å². The van der Waals surface area contributed by atoms with E-state index in [-0.39, 0.29) is 65.0 Å². The van der Waals surface area contributed by atoms with Gasteiger partial charge in [0, 0.05) is 47.5 Å². The maximum absolute atomic E-state index is 13.1. The van der Waals surface area contributed by atoms with Gasteiger partial charge in [-0.1, -0.05) is 48.5 Å². The summed E-state index contributed by atoms with van der Waals surface area (Å²) < 4.78 is 0. The molecular formula is C29H20N2O5. The second kappa shape index (κ2) is 7.68. The van der Waals surface area contributed by atoms with Gasteiger partial charge in [0.15, 0.2) is 23.1 Å². The van der Waals surface area contributed by atoms with E-state index in [1.165, 1.54) is 30.3 Å². The maximum Gasteiger partial charge on any atom is 0.257 e. The largest absolute Gasteiger partial charge is 0.397 e. The smallest absolute Gasteiger partial charge is 0.257 e. The van der Waals surface area contributed by atoms with E-state index >= 15 is 0 Å². The monoisotopic (exact) mass is 476 g/mol. The van der Waals surface area contributed by atoms with Crippen LogP contribution >= 0.6 is 0 Å². The van der Waals surface area contributed by atoms with Crippen LogP contribution < -0.4 is 11.1 Å². The van der Waals surface area contributed by atoms with E-state index < -0.39 is 11.7 Å². The normalized spacial score (nSPS) is 13.4. The average molecular weight is 476 g/mol. The molecule has 0 fully saturated rings. The van der Waals surface area contributed by atoms with E-state index in [0.29, 0.717) is 16.7 Å². The summed E-state index contributed by atoms with van der Waals surface area (Å²) in [6, 6.07) is 20.3. The van der Waals surface area contributed by atoms with Crippen LogP contribution in [0.25, 0.3) is 0 Å². The molecule has 4 aromatic carbocycles. The first-order chi connectivity index (χ1) is 17.4. The molecule has 0 radical (unpaired) electrons. The fourth-order valence-corrected chi connectivity index (χ4v) is 4.79. The molecule has 0 aromatic heterocycles. The number of hydrogen-bond donors (Lipinski definition) is 2. The van der Waals surface area contributed by atoms with E-state index in [1.807, 2.05) is 0 Å². The van der Waals surface area contributed by atoms with Gasteiger partial charge in [0.2, 0.25) is 0 Å². The van der Waals surface area contributed by atoms with Crippen LogP contribution in [0.3, 0.4) is 0 Å².